The number of carbonyl (C=O) groups is 2. The maximum absolute atomic E-state index is 12.1. The fourth-order valence-corrected chi connectivity index (χ4v) is 2.06. The molecular weight excluding hydrogens is 334 g/mol. The summed E-state index contributed by atoms with van der Waals surface area (Å²) in [4.78, 5) is 24.0. The van der Waals surface area contributed by atoms with E-state index in [0.29, 0.717) is 35.3 Å². The van der Waals surface area contributed by atoms with Gasteiger partial charge < -0.3 is 19.5 Å². The normalized spacial score (nSPS) is 10.3. The van der Waals surface area contributed by atoms with Crippen LogP contribution in [0, 0.1) is 5.92 Å². The molecule has 6 heteroatoms. The van der Waals surface area contributed by atoms with E-state index in [2.05, 4.69) is 5.32 Å². The van der Waals surface area contributed by atoms with Crippen LogP contribution in [-0.4, -0.2) is 32.2 Å². The van der Waals surface area contributed by atoms with Crippen LogP contribution >= 0.6 is 0 Å². The van der Waals surface area contributed by atoms with Crippen LogP contribution in [0.15, 0.2) is 48.5 Å². The van der Waals surface area contributed by atoms with E-state index < -0.39 is 11.9 Å². The lowest BCUT2D eigenvalue weighted by atomic mass is 10.2. The largest absolute Gasteiger partial charge is 0.497 e. The Kier molecular flexibility index (Phi) is 7.02. The lowest BCUT2D eigenvalue weighted by Gasteiger charge is -2.10. The number of carbonyl (C=O) groups excluding carboxylic acids is 2. The Bertz CT molecular complexity index is 740. The van der Waals surface area contributed by atoms with Crippen LogP contribution in [-0.2, 0) is 9.53 Å². The average Bonchev–Trinajstić information content (AvgIpc) is 2.65. The molecule has 138 valence electrons. The maximum atomic E-state index is 12.1. The summed E-state index contributed by atoms with van der Waals surface area (Å²) in [6.45, 7) is 4.27. The molecule has 0 atom stereocenters. The summed E-state index contributed by atoms with van der Waals surface area (Å²) in [7, 11) is 1.57. The monoisotopic (exact) mass is 357 g/mol. The van der Waals surface area contributed by atoms with E-state index in [1.54, 1.807) is 55.6 Å². The number of hydrogen-bond acceptors (Lipinski definition) is 5. The highest BCUT2D eigenvalue weighted by Crippen LogP contribution is 2.16. The fraction of sp³-hybridized carbons (Fsp3) is 0.300. The number of anilines is 1. The molecule has 0 spiro atoms. The summed E-state index contributed by atoms with van der Waals surface area (Å²) in [5.74, 6) is 0.665. The second-order valence-corrected chi connectivity index (χ2v) is 6.09. The van der Waals surface area contributed by atoms with Gasteiger partial charge in [0.1, 0.15) is 11.5 Å². The molecule has 1 amide bonds. The van der Waals surface area contributed by atoms with Crippen molar-refractivity contribution in [3.63, 3.8) is 0 Å². The van der Waals surface area contributed by atoms with Crippen LogP contribution in [0.5, 0.6) is 11.5 Å². The molecule has 0 bridgehead atoms. The van der Waals surface area contributed by atoms with E-state index in [4.69, 9.17) is 14.2 Å². The average molecular weight is 357 g/mol. The molecule has 2 aromatic carbocycles. The minimum Gasteiger partial charge on any atom is -0.497 e. The summed E-state index contributed by atoms with van der Waals surface area (Å²) in [5.41, 5.74) is 0.930. The molecule has 2 aromatic rings. The van der Waals surface area contributed by atoms with Crippen molar-refractivity contribution in [1.82, 2.24) is 0 Å². The van der Waals surface area contributed by atoms with Crippen LogP contribution in [0.1, 0.15) is 24.2 Å². The second kappa shape index (κ2) is 9.46. The highest BCUT2D eigenvalue weighted by atomic mass is 16.5. The molecule has 0 aliphatic carbocycles. The molecule has 1 N–H and O–H groups in total. The lowest BCUT2D eigenvalue weighted by Crippen LogP contribution is -2.20. The molecule has 6 nitrogen and oxygen atoms in total. The molecule has 0 fully saturated rings. The van der Waals surface area contributed by atoms with Crippen molar-refractivity contribution < 1.29 is 23.8 Å². The summed E-state index contributed by atoms with van der Waals surface area (Å²) < 4.78 is 15.7. The number of rotatable bonds is 8. The minimum absolute atomic E-state index is 0.337. The van der Waals surface area contributed by atoms with E-state index in [-0.39, 0.29) is 6.61 Å². The van der Waals surface area contributed by atoms with Crippen LogP contribution in [0.2, 0.25) is 0 Å². The van der Waals surface area contributed by atoms with Crippen molar-refractivity contribution in [3.8, 4) is 11.5 Å². The predicted octanol–water partition coefficient (Wildman–Crippen LogP) is 3.53. The smallest absolute Gasteiger partial charge is 0.338 e. The number of amides is 1. The minimum atomic E-state index is -0.579. The zero-order chi connectivity index (χ0) is 18.9. The molecule has 0 radical (unpaired) electrons. The van der Waals surface area contributed by atoms with Crippen LogP contribution in [0.3, 0.4) is 0 Å². The molecule has 0 saturated heterocycles. The fourth-order valence-electron chi connectivity index (χ4n) is 2.06. The van der Waals surface area contributed by atoms with Gasteiger partial charge in [-0.05, 0) is 48.4 Å². The van der Waals surface area contributed by atoms with Crippen molar-refractivity contribution in [1.29, 1.82) is 0 Å². The number of esters is 1. The van der Waals surface area contributed by atoms with Crippen molar-refractivity contribution in [2.75, 3.05) is 25.6 Å². The van der Waals surface area contributed by atoms with E-state index >= 15 is 0 Å². The quantitative estimate of drug-likeness (QED) is 0.732. The molecule has 0 aromatic heterocycles. The van der Waals surface area contributed by atoms with Crippen molar-refractivity contribution in [2.24, 2.45) is 5.92 Å². The van der Waals surface area contributed by atoms with Gasteiger partial charge in [-0.1, -0.05) is 19.9 Å². The van der Waals surface area contributed by atoms with Gasteiger partial charge in [-0.15, -0.1) is 0 Å². The molecule has 0 saturated carbocycles. The van der Waals surface area contributed by atoms with E-state index in [1.165, 1.54) is 0 Å². The van der Waals surface area contributed by atoms with Gasteiger partial charge in [-0.2, -0.15) is 0 Å². The zero-order valence-electron chi connectivity index (χ0n) is 15.2. The van der Waals surface area contributed by atoms with Crippen LogP contribution < -0.4 is 14.8 Å². The summed E-state index contributed by atoms with van der Waals surface area (Å²) >= 11 is 0. The molecule has 2 rings (SSSR count). The van der Waals surface area contributed by atoms with Gasteiger partial charge in [0.05, 0.1) is 19.3 Å². The standard InChI is InChI=1S/C20H23NO5/c1-14(2)12-25-18-6-4-5-15(11-18)20(23)26-13-19(22)21-16-7-9-17(24-3)10-8-16/h4-11,14H,12-13H2,1-3H3,(H,21,22). The first-order valence-electron chi connectivity index (χ1n) is 8.32. The molecule has 0 aliphatic rings. The lowest BCUT2D eigenvalue weighted by molar-refractivity contribution is -0.119. The van der Waals surface area contributed by atoms with E-state index in [0.717, 1.165) is 0 Å². The number of hydrogen-bond donors (Lipinski definition) is 1. The Balaban J connectivity index is 1.85. The van der Waals surface area contributed by atoms with Crippen molar-refractivity contribution in [3.05, 3.63) is 54.1 Å². The molecule has 0 heterocycles. The van der Waals surface area contributed by atoms with E-state index in [9.17, 15) is 9.59 Å². The Morgan fingerprint density at radius 2 is 1.77 bits per heavy atom. The molecule has 0 unspecified atom stereocenters. The van der Waals surface area contributed by atoms with E-state index in [1.807, 2.05) is 13.8 Å². The third-order valence-electron chi connectivity index (χ3n) is 3.36. The van der Waals surface area contributed by atoms with Gasteiger partial charge >= 0.3 is 5.97 Å². The summed E-state index contributed by atoms with van der Waals surface area (Å²) in [6, 6.07) is 13.6. The predicted molar refractivity (Wildman–Crippen MR) is 98.7 cm³/mol. The summed E-state index contributed by atoms with van der Waals surface area (Å²) in [6.07, 6.45) is 0. The first-order chi connectivity index (χ1) is 12.5. The van der Waals surface area contributed by atoms with Gasteiger partial charge in [0.25, 0.3) is 5.91 Å². The van der Waals surface area contributed by atoms with Gasteiger partial charge in [-0.3, -0.25) is 4.79 Å². The van der Waals surface area contributed by atoms with Gasteiger partial charge in [0.15, 0.2) is 6.61 Å². The number of methoxy groups -OCH3 is 1. The molecule has 26 heavy (non-hydrogen) atoms. The molecular formula is C20H23NO5. The van der Waals surface area contributed by atoms with Crippen LogP contribution in [0.4, 0.5) is 5.69 Å². The number of ether oxygens (including phenoxy) is 3. The third kappa shape index (κ3) is 6.12. The zero-order valence-corrected chi connectivity index (χ0v) is 15.2. The van der Waals surface area contributed by atoms with Crippen molar-refractivity contribution >= 4 is 17.6 Å². The topological polar surface area (TPSA) is 73.9 Å². The second-order valence-electron chi connectivity index (χ2n) is 6.09. The first-order valence-corrected chi connectivity index (χ1v) is 8.32. The van der Waals surface area contributed by atoms with Gasteiger partial charge in [0.2, 0.25) is 0 Å². The summed E-state index contributed by atoms with van der Waals surface area (Å²) in [5, 5.41) is 2.65. The van der Waals surface area contributed by atoms with Crippen LogP contribution in [0.25, 0.3) is 0 Å². The highest BCUT2D eigenvalue weighted by Gasteiger charge is 2.11. The number of nitrogens with one attached hydrogen (secondary N) is 1. The third-order valence-corrected chi connectivity index (χ3v) is 3.36. The number of benzene rings is 2. The SMILES string of the molecule is COc1ccc(NC(=O)COC(=O)c2cccc(OCC(C)C)c2)cc1. The maximum Gasteiger partial charge on any atom is 0.338 e. The highest BCUT2D eigenvalue weighted by molar-refractivity contribution is 5.95. The Labute approximate surface area is 153 Å². The van der Waals surface area contributed by atoms with Crippen molar-refractivity contribution in [2.45, 2.75) is 13.8 Å². The Morgan fingerprint density at radius 3 is 2.42 bits per heavy atom. The van der Waals surface area contributed by atoms with Gasteiger partial charge in [0, 0.05) is 5.69 Å². The Hall–Kier alpha value is -3.02. The Morgan fingerprint density at radius 1 is 1.04 bits per heavy atom. The molecule has 0 aliphatic heterocycles. The van der Waals surface area contributed by atoms with Gasteiger partial charge in [-0.25, -0.2) is 4.79 Å². The first kappa shape index (κ1) is 19.3.